The molecule has 0 saturated heterocycles. The molecule has 0 radical (unpaired) electrons. The molecule has 1 amide bonds. The van der Waals surface area contributed by atoms with Gasteiger partial charge < -0.3 is 10.6 Å². The van der Waals surface area contributed by atoms with E-state index in [2.05, 4.69) is 31.5 Å². The van der Waals surface area contributed by atoms with E-state index in [1.807, 2.05) is 55.5 Å². The number of carbonyl (C=O) groups is 1. The van der Waals surface area contributed by atoms with Crippen molar-refractivity contribution in [1.29, 1.82) is 0 Å². The fourth-order valence-corrected chi connectivity index (χ4v) is 2.71. The van der Waals surface area contributed by atoms with Crippen LogP contribution in [0.15, 0.2) is 71.5 Å². The zero-order chi connectivity index (χ0) is 17.6. The molecule has 0 aliphatic carbocycles. The first kappa shape index (κ1) is 17.2. The van der Waals surface area contributed by atoms with E-state index in [1.54, 1.807) is 18.5 Å². The van der Waals surface area contributed by atoms with Crippen LogP contribution >= 0.6 is 15.9 Å². The van der Waals surface area contributed by atoms with Gasteiger partial charge in [-0.1, -0.05) is 52.3 Å². The summed E-state index contributed by atoms with van der Waals surface area (Å²) in [5, 5.41) is 6.18. The molecule has 2 N–H and O–H groups in total. The van der Waals surface area contributed by atoms with Crippen molar-refractivity contribution in [3.05, 3.63) is 88.2 Å². The van der Waals surface area contributed by atoms with Crippen molar-refractivity contribution in [2.75, 3.05) is 10.6 Å². The molecule has 0 spiro atoms. The zero-order valence-electron chi connectivity index (χ0n) is 13.8. The van der Waals surface area contributed by atoms with Crippen molar-refractivity contribution in [3.63, 3.8) is 0 Å². The van der Waals surface area contributed by atoms with Gasteiger partial charge in [0.2, 0.25) is 0 Å². The maximum Gasteiger partial charge on any atom is 0.257 e. The predicted octanol–water partition coefficient (Wildman–Crippen LogP) is 5.02. The van der Waals surface area contributed by atoms with Crippen LogP contribution in [0.2, 0.25) is 0 Å². The second kappa shape index (κ2) is 7.94. The highest BCUT2D eigenvalue weighted by Crippen LogP contribution is 2.21. The van der Waals surface area contributed by atoms with Crippen molar-refractivity contribution in [3.8, 4) is 0 Å². The van der Waals surface area contributed by atoms with Crippen molar-refractivity contribution >= 4 is 33.2 Å². The number of rotatable bonds is 5. The molecule has 0 aliphatic heterocycles. The standard InChI is InChI=1S/C20H18BrN3O/c1-14-7-8-17(10-19(14)21)24-20(25)16-9-18(13-22-12-16)23-11-15-5-3-2-4-6-15/h2-10,12-13,23H,11H2,1H3,(H,24,25). The summed E-state index contributed by atoms with van der Waals surface area (Å²) < 4.78 is 0.960. The Morgan fingerprint density at radius 3 is 2.60 bits per heavy atom. The fourth-order valence-electron chi connectivity index (χ4n) is 2.33. The SMILES string of the molecule is Cc1ccc(NC(=O)c2cncc(NCc3ccccc3)c2)cc1Br. The third kappa shape index (κ3) is 4.67. The van der Waals surface area contributed by atoms with Crippen LogP contribution in [-0.2, 0) is 6.54 Å². The number of benzene rings is 2. The van der Waals surface area contributed by atoms with Gasteiger partial charge in [-0.25, -0.2) is 0 Å². The largest absolute Gasteiger partial charge is 0.380 e. The maximum atomic E-state index is 12.4. The average Bonchev–Trinajstić information content (AvgIpc) is 2.64. The van der Waals surface area contributed by atoms with Crippen molar-refractivity contribution in [2.45, 2.75) is 13.5 Å². The molecule has 3 rings (SSSR count). The molecule has 0 unspecified atom stereocenters. The van der Waals surface area contributed by atoms with Gasteiger partial charge in [-0.15, -0.1) is 0 Å². The van der Waals surface area contributed by atoms with Crippen molar-refractivity contribution < 1.29 is 4.79 Å². The Labute approximate surface area is 155 Å². The molecule has 5 heteroatoms. The molecule has 2 aromatic carbocycles. The van der Waals surface area contributed by atoms with Crippen LogP contribution in [-0.4, -0.2) is 10.9 Å². The minimum Gasteiger partial charge on any atom is -0.380 e. The lowest BCUT2D eigenvalue weighted by atomic mass is 10.2. The number of aryl methyl sites for hydroxylation is 1. The molecule has 0 saturated carbocycles. The van der Waals surface area contributed by atoms with E-state index in [-0.39, 0.29) is 5.91 Å². The Kier molecular flexibility index (Phi) is 5.46. The van der Waals surface area contributed by atoms with Gasteiger partial charge >= 0.3 is 0 Å². The van der Waals surface area contributed by atoms with Crippen LogP contribution < -0.4 is 10.6 Å². The summed E-state index contributed by atoms with van der Waals surface area (Å²) in [5.74, 6) is -0.188. The summed E-state index contributed by atoms with van der Waals surface area (Å²) in [6.07, 6.45) is 3.27. The van der Waals surface area contributed by atoms with Gasteiger partial charge in [-0.2, -0.15) is 0 Å². The third-order valence-electron chi connectivity index (χ3n) is 3.77. The van der Waals surface area contributed by atoms with E-state index in [0.717, 1.165) is 21.4 Å². The molecule has 1 heterocycles. The van der Waals surface area contributed by atoms with Crippen LogP contribution in [0.4, 0.5) is 11.4 Å². The van der Waals surface area contributed by atoms with Gasteiger partial charge in [0.1, 0.15) is 0 Å². The minimum absolute atomic E-state index is 0.188. The molecule has 0 bridgehead atoms. The smallest absolute Gasteiger partial charge is 0.257 e. The Morgan fingerprint density at radius 1 is 1.04 bits per heavy atom. The van der Waals surface area contributed by atoms with Crippen LogP contribution in [0.5, 0.6) is 0 Å². The predicted molar refractivity (Wildman–Crippen MR) is 105 cm³/mol. The Balaban J connectivity index is 1.67. The Hall–Kier alpha value is -2.66. The Morgan fingerprint density at radius 2 is 1.84 bits per heavy atom. The van der Waals surface area contributed by atoms with Gasteiger partial charge in [0.05, 0.1) is 11.3 Å². The van der Waals surface area contributed by atoms with Crippen molar-refractivity contribution in [1.82, 2.24) is 4.98 Å². The first-order chi connectivity index (χ1) is 12.1. The van der Waals surface area contributed by atoms with Gasteiger partial charge in [-0.05, 0) is 36.2 Å². The number of hydrogen-bond acceptors (Lipinski definition) is 3. The third-order valence-corrected chi connectivity index (χ3v) is 4.62. The summed E-state index contributed by atoms with van der Waals surface area (Å²) >= 11 is 3.47. The second-order valence-electron chi connectivity index (χ2n) is 5.72. The zero-order valence-corrected chi connectivity index (χ0v) is 15.4. The van der Waals surface area contributed by atoms with E-state index < -0.39 is 0 Å². The van der Waals surface area contributed by atoms with Gasteiger partial charge in [0, 0.05) is 29.1 Å². The summed E-state index contributed by atoms with van der Waals surface area (Å²) in [7, 11) is 0. The lowest BCUT2D eigenvalue weighted by Gasteiger charge is -2.09. The highest BCUT2D eigenvalue weighted by Gasteiger charge is 2.08. The highest BCUT2D eigenvalue weighted by atomic mass is 79.9. The summed E-state index contributed by atoms with van der Waals surface area (Å²) in [4.78, 5) is 16.6. The molecule has 0 aliphatic rings. The van der Waals surface area contributed by atoms with Crippen molar-refractivity contribution in [2.24, 2.45) is 0 Å². The molecule has 4 nitrogen and oxygen atoms in total. The summed E-state index contributed by atoms with van der Waals surface area (Å²) in [6.45, 7) is 2.68. The molecule has 126 valence electrons. The Bertz CT molecular complexity index is 881. The number of aromatic nitrogens is 1. The van der Waals surface area contributed by atoms with Crippen LogP contribution in [0.3, 0.4) is 0 Å². The highest BCUT2D eigenvalue weighted by molar-refractivity contribution is 9.10. The number of carbonyl (C=O) groups excluding carboxylic acids is 1. The van der Waals surface area contributed by atoms with E-state index in [1.165, 1.54) is 5.56 Å². The average molecular weight is 396 g/mol. The molecule has 25 heavy (non-hydrogen) atoms. The molecule has 0 fully saturated rings. The molecular formula is C20H18BrN3O. The lowest BCUT2D eigenvalue weighted by Crippen LogP contribution is -2.13. The summed E-state index contributed by atoms with van der Waals surface area (Å²) in [5.41, 5.74) is 4.34. The molecular weight excluding hydrogens is 378 g/mol. The topological polar surface area (TPSA) is 54.0 Å². The van der Waals surface area contributed by atoms with Gasteiger partial charge in [0.25, 0.3) is 5.91 Å². The number of halogens is 1. The monoisotopic (exact) mass is 395 g/mol. The number of nitrogens with zero attached hydrogens (tertiary/aromatic N) is 1. The number of amides is 1. The molecule has 0 atom stereocenters. The first-order valence-corrected chi connectivity index (χ1v) is 8.71. The maximum absolute atomic E-state index is 12.4. The number of nitrogens with one attached hydrogen (secondary N) is 2. The van der Waals surface area contributed by atoms with E-state index in [0.29, 0.717) is 12.1 Å². The van der Waals surface area contributed by atoms with E-state index in [4.69, 9.17) is 0 Å². The van der Waals surface area contributed by atoms with Gasteiger partial charge in [-0.3, -0.25) is 9.78 Å². The van der Waals surface area contributed by atoms with Crippen LogP contribution in [0.1, 0.15) is 21.5 Å². The quantitative estimate of drug-likeness (QED) is 0.637. The fraction of sp³-hybridized carbons (Fsp3) is 0.100. The normalized spacial score (nSPS) is 10.3. The molecule has 3 aromatic rings. The first-order valence-electron chi connectivity index (χ1n) is 7.92. The second-order valence-corrected chi connectivity index (χ2v) is 6.57. The number of anilines is 2. The van der Waals surface area contributed by atoms with E-state index >= 15 is 0 Å². The van der Waals surface area contributed by atoms with Crippen LogP contribution in [0, 0.1) is 6.92 Å². The summed E-state index contributed by atoms with van der Waals surface area (Å²) in [6, 6.07) is 17.6. The number of hydrogen-bond donors (Lipinski definition) is 2. The minimum atomic E-state index is -0.188. The van der Waals surface area contributed by atoms with Crippen LogP contribution in [0.25, 0.3) is 0 Å². The number of pyridine rings is 1. The van der Waals surface area contributed by atoms with Gasteiger partial charge in [0.15, 0.2) is 0 Å². The molecule has 1 aromatic heterocycles. The lowest BCUT2D eigenvalue weighted by molar-refractivity contribution is 0.102. The van der Waals surface area contributed by atoms with E-state index in [9.17, 15) is 4.79 Å².